The Morgan fingerprint density at radius 1 is 1.53 bits per heavy atom. The van der Waals surface area contributed by atoms with Crippen LogP contribution in [0.2, 0.25) is 0 Å². The van der Waals surface area contributed by atoms with Crippen LogP contribution in [0.5, 0.6) is 11.5 Å². The van der Waals surface area contributed by atoms with Crippen LogP contribution in [0.15, 0.2) is 18.2 Å². The van der Waals surface area contributed by atoms with Gasteiger partial charge in [0.1, 0.15) is 0 Å². The van der Waals surface area contributed by atoms with E-state index in [9.17, 15) is 9.90 Å². The van der Waals surface area contributed by atoms with Crippen molar-refractivity contribution < 1.29 is 19.4 Å². The normalized spacial score (nSPS) is 22.3. The second-order valence-electron chi connectivity index (χ2n) is 4.70. The minimum atomic E-state index is -0.223. The van der Waals surface area contributed by atoms with Crippen LogP contribution in [0.25, 0.3) is 0 Å². The largest absolute Gasteiger partial charge is 0.504 e. The van der Waals surface area contributed by atoms with Gasteiger partial charge in [-0.25, -0.2) is 0 Å². The molecule has 19 heavy (non-hydrogen) atoms. The van der Waals surface area contributed by atoms with E-state index in [1.54, 1.807) is 30.1 Å². The number of nitrogens with zero attached hydrogens (tertiary/aromatic N) is 1. The number of aromatic hydroxyl groups is 1. The van der Waals surface area contributed by atoms with Crippen LogP contribution in [-0.4, -0.2) is 48.8 Å². The van der Waals surface area contributed by atoms with E-state index in [4.69, 9.17) is 9.47 Å². The minimum Gasteiger partial charge on any atom is -0.504 e. The number of para-hydroxylation sites is 1. The van der Waals surface area contributed by atoms with E-state index in [1.165, 1.54) is 7.11 Å². The Bertz CT molecular complexity index is 475. The zero-order valence-corrected chi connectivity index (χ0v) is 11.4. The average Bonchev–Trinajstić information content (AvgIpc) is 2.83. The first-order valence-corrected chi connectivity index (χ1v) is 6.31. The molecule has 0 radical (unpaired) electrons. The monoisotopic (exact) mass is 265 g/mol. The number of phenolic OH excluding ortho intramolecular Hbond substituents is 1. The molecule has 5 nitrogen and oxygen atoms in total. The van der Waals surface area contributed by atoms with Crippen molar-refractivity contribution in [3.05, 3.63) is 23.8 Å². The molecule has 0 aliphatic carbocycles. The van der Waals surface area contributed by atoms with Crippen molar-refractivity contribution in [1.29, 1.82) is 0 Å². The second-order valence-corrected chi connectivity index (χ2v) is 4.70. The third kappa shape index (κ3) is 2.51. The molecule has 1 aromatic rings. The zero-order chi connectivity index (χ0) is 14.0. The molecule has 1 N–H and O–H groups in total. The van der Waals surface area contributed by atoms with Crippen LogP contribution < -0.4 is 4.74 Å². The van der Waals surface area contributed by atoms with Gasteiger partial charge in [0.15, 0.2) is 11.5 Å². The maximum absolute atomic E-state index is 12.4. The number of rotatable bonds is 3. The fourth-order valence-corrected chi connectivity index (χ4v) is 2.43. The van der Waals surface area contributed by atoms with Crippen molar-refractivity contribution in [2.45, 2.75) is 25.5 Å². The Morgan fingerprint density at radius 2 is 2.26 bits per heavy atom. The number of carbonyl (C=O) groups is 1. The van der Waals surface area contributed by atoms with Crippen molar-refractivity contribution in [2.24, 2.45) is 0 Å². The van der Waals surface area contributed by atoms with Crippen LogP contribution in [-0.2, 0) is 4.74 Å². The predicted octanol–water partition coefficient (Wildman–Crippen LogP) is 1.65. The summed E-state index contributed by atoms with van der Waals surface area (Å²) in [6.45, 7) is 2.61. The Labute approximate surface area is 112 Å². The maximum Gasteiger partial charge on any atom is 0.257 e. The van der Waals surface area contributed by atoms with E-state index in [0.29, 0.717) is 12.4 Å². The number of carbonyl (C=O) groups excluding carboxylic acids is 1. The highest BCUT2D eigenvalue weighted by Gasteiger charge is 2.32. The molecule has 5 heteroatoms. The van der Waals surface area contributed by atoms with Gasteiger partial charge < -0.3 is 19.5 Å². The molecule has 1 aromatic carbocycles. The number of methoxy groups -OCH3 is 1. The summed E-state index contributed by atoms with van der Waals surface area (Å²) in [5.41, 5.74) is 0.251. The van der Waals surface area contributed by atoms with Gasteiger partial charge in [-0.1, -0.05) is 6.07 Å². The van der Waals surface area contributed by atoms with E-state index in [-0.39, 0.29) is 29.4 Å². The fraction of sp³-hybridized carbons (Fsp3) is 0.500. The number of benzene rings is 1. The van der Waals surface area contributed by atoms with Gasteiger partial charge >= 0.3 is 0 Å². The molecule has 2 rings (SSSR count). The summed E-state index contributed by atoms with van der Waals surface area (Å²) in [6, 6.07) is 4.94. The van der Waals surface area contributed by atoms with Crippen LogP contribution >= 0.6 is 0 Å². The summed E-state index contributed by atoms with van der Waals surface area (Å²) in [5.74, 6) is -0.0397. The molecule has 1 aliphatic rings. The number of phenols is 1. The molecular weight excluding hydrogens is 246 g/mol. The first kappa shape index (κ1) is 13.7. The number of likely N-dealkylation sites (N-methyl/N-ethyl adjacent to an activating group) is 1. The molecule has 0 spiro atoms. The minimum absolute atomic E-state index is 0.0155. The number of hydrogen-bond donors (Lipinski definition) is 1. The van der Waals surface area contributed by atoms with Gasteiger partial charge in [0, 0.05) is 13.7 Å². The number of hydrogen-bond acceptors (Lipinski definition) is 4. The zero-order valence-electron chi connectivity index (χ0n) is 11.4. The van der Waals surface area contributed by atoms with Gasteiger partial charge in [-0.3, -0.25) is 4.79 Å². The van der Waals surface area contributed by atoms with E-state index in [1.807, 2.05) is 6.92 Å². The topological polar surface area (TPSA) is 59.0 Å². The number of ether oxygens (including phenoxy) is 2. The lowest BCUT2D eigenvalue weighted by molar-refractivity contribution is 0.0571. The van der Waals surface area contributed by atoms with Crippen LogP contribution in [0.4, 0.5) is 0 Å². The third-order valence-electron chi connectivity index (χ3n) is 3.60. The summed E-state index contributed by atoms with van der Waals surface area (Å²) in [7, 11) is 3.19. The molecule has 0 aromatic heterocycles. The lowest BCUT2D eigenvalue weighted by Gasteiger charge is -2.27. The molecule has 104 valence electrons. The van der Waals surface area contributed by atoms with Crippen molar-refractivity contribution in [2.75, 3.05) is 20.8 Å². The molecule has 2 unspecified atom stereocenters. The summed E-state index contributed by atoms with van der Waals surface area (Å²) >= 11 is 0. The van der Waals surface area contributed by atoms with E-state index < -0.39 is 0 Å². The highest BCUT2D eigenvalue weighted by molar-refractivity contribution is 5.97. The molecule has 2 atom stereocenters. The first-order valence-electron chi connectivity index (χ1n) is 6.31. The van der Waals surface area contributed by atoms with Gasteiger partial charge in [0.2, 0.25) is 0 Å². The molecule has 1 saturated heterocycles. The third-order valence-corrected chi connectivity index (χ3v) is 3.60. The van der Waals surface area contributed by atoms with Gasteiger partial charge in [0.05, 0.1) is 24.8 Å². The first-order chi connectivity index (χ1) is 9.06. The van der Waals surface area contributed by atoms with Crippen molar-refractivity contribution in [3.8, 4) is 11.5 Å². The van der Waals surface area contributed by atoms with Gasteiger partial charge in [-0.05, 0) is 25.5 Å². The Balaban J connectivity index is 2.24. The van der Waals surface area contributed by atoms with Crippen LogP contribution in [0, 0.1) is 0 Å². The molecule has 0 saturated carbocycles. The Hall–Kier alpha value is -1.75. The van der Waals surface area contributed by atoms with Crippen molar-refractivity contribution in [3.63, 3.8) is 0 Å². The van der Waals surface area contributed by atoms with Gasteiger partial charge in [0.25, 0.3) is 5.91 Å². The standard InChI is InChI=1S/C14H19NO4/c1-9-11(7-8-19-9)15(2)14(17)10-5-4-6-12(18-3)13(10)16/h4-6,9,11,16H,7-8H2,1-3H3. The van der Waals surface area contributed by atoms with E-state index in [0.717, 1.165) is 6.42 Å². The molecule has 1 amide bonds. The SMILES string of the molecule is COc1cccc(C(=O)N(C)C2CCOC2C)c1O. The number of amides is 1. The summed E-state index contributed by atoms with van der Waals surface area (Å²) in [6.07, 6.45) is 0.829. The highest BCUT2D eigenvalue weighted by atomic mass is 16.5. The molecule has 0 bridgehead atoms. The Kier molecular flexibility index (Phi) is 3.95. The smallest absolute Gasteiger partial charge is 0.257 e. The molecule has 1 aliphatic heterocycles. The van der Waals surface area contributed by atoms with Crippen molar-refractivity contribution in [1.82, 2.24) is 4.90 Å². The second kappa shape index (κ2) is 5.48. The Morgan fingerprint density at radius 3 is 2.84 bits per heavy atom. The molecule has 1 heterocycles. The van der Waals surface area contributed by atoms with E-state index >= 15 is 0 Å². The predicted molar refractivity (Wildman–Crippen MR) is 70.6 cm³/mol. The maximum atomic E-state index is 12.4. The van der Waals surface area contributed by atoms with E-state index in [2.05, 4.69) is 0 Å². The quantitative estimate of drug-likeness (QED) is 0.902. The highest BCUT2D eigenvalue weighted by Crippen LogP contribution is 2.31. The molecular formula is C14H19NO4. The summed E-state index contributed by atoms with van der Waals surface area (Å²) in [5, 5.41) is 10.0. The summed E-state index contributed by atoms with van der Waals surface area (Å²) in [4.78, 5) is 14.1. The summed E-state index contributed by atoms with van der Waals surface area (Å²) < 4.78 is 10.5. The fourth-order valence-electron chi connectivity index (χ4n) is 2.43. The lowest BCUT2D eigenvalue weighted by atomic mass is 10.1. The average molecular weight is 265 g/mol. The van der Waals surface area contributed by atoms with Crippen LogP contribution in [0.1, 0.15) is 23.7 Å². The lowest BCUT2D eigenvalue weighted by Crippen LogP contribution is -2.41. The van der Waals surface area contributed by atoms with Gasteiger partial charge in [-0.2, -0.15) is 0 Å². The van der Waals surface area contributed by atoms with Crippen molar-refractivity contribution >= 4 is 5.91 Å². The van der Waals surface area contributed by atoms with Gasteiger partial charge in [-0.15, -0.1) is 0 Å². The van der Waals surface area contributed by atoms with Crippen LogP contribution in [0.3, 0.4) is 0 Å². The molecule has 1 fully saturated rings.